The van der Waals surface area contributed by atoms with Gasteiger partial charge in [-0.25, -0.2) is 0 Å². The quantitative estimate of drug-likeness (QED) is 0.866. The number of hydrogen-bond acceptors (Lipinski definition) is 3. The highest BCUT2D eigenvalue weighted by molar-refractivity contribution is 7.84. The maximum Gasteiger partial charge on any atom is 0.416 e. The molecule has 1 N–H and O–H groups in total. The molecule has 0 spiro atoms. The second-order valence-corrected chi connectivity index (χ2v) is 7.56. The van der Waals surface area contributed by atoms with Crippen LogP contribution < -0.4 is 4.72 Å². The Morgan fingerprint density at radius 3 is 2.31 bits per heavy atom. The lowest BCUT2D eigenvalue weighted by Crippen LogP contribution is -2.41. The molecule has 140 valence electrons. The standard InChI is InChI=1S/C18H18F3NO3S/c19-18(20,21)15-9-7-14(8-10-15)17-12-16(25-26(23,24)22-17)11-6-13-4-2-1-3-5-13/h1-5,7-10,16-17,22H,6,11-12H2. The minimum absolute atomic E-state index is 0.359. The van der Waals surface area contributed by atoms with Gasteiger partial charge < -0.3 is 0 Å². The molecule has 2 aromatic rings. The van der Waals surface area contributed by atoms with E-state index in [1.54, 1.807) is 0 Å². The Balaban J connectivity index is 1.71. The highest BCUT2D eigenvalue weighted by Crippen LogP contribution is 2.32. The number of benzene rings is 2. The van der Waals surface area contributed by atoms with Gasteiger partial charge in [-0.15, -0.1) is 0 Å². The van der Waals surface area contributed by atoms with E-state index in [-0.39, 0.29) is 0 Å². The van der Waals surface area contributed by atoms with Crippen molar-refractivity contribution in [1.82, 2.24) is 4.72 Å². The van der Waals surface area contributed by atoms with Crippen molar-refractivity contribution in [1.29, 1.82) is 0 Å². The SMILES string of the molecule is O=S1(=O)NC(c2ccc(C(F)(F)F)cc2)CC(CCc2ccccc2)O1. The molecule has 1 aliphatic heterocycles. The Hall–Kier alpha value is -1.90. The van der Waals surface area contributed by atoms with Crippen molar-refractivity contribution >= 4 is 10.3 Å². The Kier molecular flexibility index (Phi) is 5.36. The Labute approximate surface area is 150 Å². The van der Waals surface area contributed by atoms with Crippen LogP contribution in [-0.2, 0) is 27.1 Å². The van der Waals surface area contributed by atoms with Crippen molar-refractivity contribution in [3.63, 3.8) is 0 Å². The lowest BCUT2D eigenvalue weighted by molar-refractivity contribution is -0.137. The monoisotopic (exact) mass is 385 g/mol. The third kappa shape index (κ3) is 4.84. The number of alkyl halides is 3. The molecule has 0 aliphatic carbocycles. The van der Waals surface area contributed by atoms with Gasteiger partial charge in [0.2, 0.25) is 0 Å². The first-order valence-corrected chi connectivity index (χ1v) is 9.55. The summed E-state index contributed by atoms with van der Waals surface area (Å²) >= 11 is 0. The topological polar surface area (TPSA) is 55.4 Å². The molecule has 8 heteroatoms. The third-order valence-corrected chi connectivity index (χ3v) is 5.38. The number of hydrogen-bond donors (Lipinski definition) is 1. The van der Waals surface area contributed by atoms with Gasteiger partial charge in [-0.2, -0.15) is 26.3 Å². The summed E-state index contributed by atoms with van der Waals surface area (Å²) in [6.45, 7) is 0. The summed E-state index contributed by atoms with van der Waals surface area (Å²) in [7, 11) is -3.94. The molecule has 3 rings (SSSR count). The predicted octanol–water partition coefficient (Wildman–Crippen LogP) is 4.00. The number of halogens is 3. The van der Waals surface area contributed by atoms with E-state index in [4.69, 9.17) is 4.18 Å². The molecule has 0 amide bonds. The van der Waals surface area contributed by atoms with Crippen LogP contribution in [0, 0.1) is 0 Å². The minimum atomic E-state index is -4.42. The van der Waals surface area contributed by atoms with Gasteiger partial charge in [0.25, 0.3) is 0 Å². The molecule has 4 nitrogen and oxygen atoms in total. The van der Waals surface area contributed by atoms with Crippen molar-refractivity contribution < 1.29 is 25.8 Å². The maximum absolute atomic E-state index is 12.7. The van der Waals surface area contributed by atoms with Gasteiger partial charge in [-0.1, -0.05) is 42.5 Å². The smallest absolute Gasteiger partial charge is 0.255 e. The van der Waals surface area contributed by atoms with Crippen LogP contribution in [0.15, 0.2) is 54.6 Å². The zero-order valence-corrected chi connectivity index (χ0v) is 14.6. The Bertz CT molecular complexity index is 836. The molecule has 2 unspecified atom stereocenters. The largest absolute Gasteiger partial charge is 0.416 e. The van der Waals surface area contributed by atoms with E-state index in [1.807, 2.05) is 30.3 Å². The van der Waals surface area contributed by atoms with Crippen LogP contribution in [-0.4, -0.2) is 14.5 Å². The fourth-order valence-corrected chi connectivity index (χ4v) is 4.15. The molecule has 0 saturated carbocycles. The fourth-order valence-electron chi connectivity index (χ4n) is 2.98. The van der Waals surface area contributed by atoms with Gasteiger partial charge >= 0.3 is 16.5 Å². The van der Waals surface area contributed by atoms with E-state index in [1.165, 1.54) is 12.1 Å². The van der Waals surface area contributed by atoms with E-state index in [2.05, 4.69) is 4.72 Å². The lowest BCUT2D eigenvalue weighted by Gasteiger charge is -2.30. The van der Waals surface area contributed by atoms with Crippen molar-refractivity contribution in [3.05, 3.63) is 71.3 Å². The van der Waals surface area contributed by atoms with E-state index < -0.39 is 34.2 Å². The highest BCUT2D eigenvalue weighted by Gasteiger charge is 2.34. The summed E-state index contributed by atoms with van der Waals surface area (Å²) in [6.07, 6.45) is -3.44. The first-order valence-electron chi connectivity index (χ1n) is 8.14. The molecular weight excluding hydrogens is 367 g/mol. The van der Waals surface area contributed by atoms with E-state index >= 15 is 0 Å². The summed E-state index contributed by atoms with van der Waals surface area (Å²) in [4.78, 5) is 0. The van der Waals surface area contributed by atoms with Crippen molar-refractivity contribution in [2.75, 3.05) is 0 Å². The van der Waals surface area contributed by atoms with Gasteiger partial charge in [0.15, 0.2) is 0 Å². The summed E-state index contributed by atoms with van der Waals surface area (Å²) in [5.41, 5.74) is 0.782. The van der Waals surface area contributed by atoms with Crippen LogP contribution in [0.1, 0.15) is 35.6 Å². The highest BCUT2D eigenvalue weighted by atomic mass is 32.2. The van der Waals surface area contributed by atoms with Crippen LogP contribution in [0.2, 0.25) is 0 Å². The molecule has 0 bridgehead atoms. The van der Waals surface area contributed by atoms with Gasteiger partial charge in [0.1, 0.15) is 0 Å². The van der Waals surface area contributed by atoms with Crippen molar-refractivity contribution in [2.24, 2.45) is 0 Å². The minimum Gasteiger partial charge on any atom is -0.255 e. The third-order valence-electron chi connectivity index (χ3n) is 4.29. The van der Waals surface area contributed by atoms with E-state index in [0.717, 1.165) is 17.7 Å². The van der Waals surface area contributed by atoms with Crippen LogP contribution in [0.5, 0.6) is 0 Å². The van der Waals surface area contributed by atoms with Crippen molar-refractivity contribution in [2.45, 2.75) is 37.6 Å². The summed E-state index contributed by atoms with van der Waals surface area (Å²) in [5.74, 6) is 0. The average molecular weight is 385 g/mol. The zero-order valence-electron chi connectivity index (χ0n) is 13.7. The molecule has 1 saturated heterocycles. The lowest BCUT2D eigenvalue weighted by atomic mass is 9.97. The second-order valence-electron chi connectivity index (χ2n) is 6.22. The molecule has 1 aliphatic rings. The Morgan fingerprint density at radius 2 is 1.69 bits per heavy atom. The van der Waals surface area contributed by atoms with Crippen LogP contribution >= 0.6 is 0 Å². The van der Waals surface area contributed by atoms with Gasteiger partial charge in [-0.05, 0) is 42.5 Å². The van der Waals surface area contributed by atoms with Gasteiger partial charge in [0, 0.05) is 0 Å². The number of aryl methyl sites for hydroxylation is 1. The molecule has 1 heterocycles. The average Bonchev–Trinajstić information content (AvgIpc) is 2.59. The molecular formula is C18H18F3NO3S. The summed E-state index contributed by atoms with van der Waals surface area (Å²) in [5, 5.41) is 0. The first-order chi connectivity index (χ1) is 12.2. The Morgan fingerprint density at radius 1 is 1.04 bits per heavy atom. The molecule has 0 radical (unpaired) electrons. The maximum atomic E-state index is 12.7. The number of rotatable bonds is 4. The van der Waals surface area contributed by atoms with Gasteiger partial charge in [0.05, 0.1) is 17.7 Å². The molecule has 2 atom stereocenters. The molecule has 1 fully saturated rings. The molecule has 26 heavy (non-hydrogen) atoms. The van der Waals surface area contributed by atoms with Crippen LogP contribution in [0.3, 0.4) is 0 Å². The van der Waals surface area contributed by atoms with E-state index in [0.29, 0.717) is 24.8 Å². The second kappa shape index (κ2) is 7.38. The predicted molar refractivity (Wildman–Crippen MR) is 90.5 cm³/mol. The van der Waals surface area contributed by atoms with Gasteiger partial charge in [-0.3, -0.25) is 4.18 Å². The van der Waals surface area contributed by atoms with Crippen LogP contribution in [0.25, 0.3) is 0 Å². The van der Waals surface area contributed by atoms with E-state index in [9.17, 15) is 21.6 Å². The number of nitrogens with one attached hydrogen (secondary N) is 1. The summed E-state index contributed by atoms with van der Waals surface area (Å²) in [6, 6.07) is 13.5. The zero-order chi connectivity index (χ0) is 18.8. The normalized spacial score (nSPS) is 22.9. The summed E-state index contributed by atoms with van der Waals surface area (Å²) < 4.78 is 69.4. The molecule has 0 aromatic heterocycles. The first kappa shape index (κ1) is 18.9. The van der Waals surface area contributed by atoms with Crippen LogP contribution in [0.4, 0.5) is 13.2 Å². The van der Waals surface area contributed by atoms with Crippen molar-refractivity contribution in [3.8, 4) is 0 Å². The molecule has 2 aromatic carbocycles. The fraction of sp³-hybridized carbons (Fsp3) is 0.333.